The molecule has 0 radical (unpaired) electrons. The molecule has 5 nitrogen and oxygen atoms in total. The van der Waals surface area contributed by atoms with E-state index in [4.69, 9.17) is 0 Å². The average Bonchev–Trinajstić information content (AvgIpc) is 2.74. The summed E-state index contributed by atoms with van der Waals surface area (Å²) in [6.45, 7) is 0. The highest BCUT2D eigenvalue weighted by atomic mass is 79.9. The number of hydrogen-bond acceptors (Lipinski definition) is 5. The number of carbonyl (C=O) groups excluding carboxylic acids is 2. The number of esters is 2. The maximum atomic E-state index is 10.9. The van der Waals surface area contributed by atoms with Gasteiger partial charge in [0.1, 0.15) is 12.1 Å². The molecule has 68 valence electrons. The average molecular weight is 238 g/mol. The molecule has 0 aromatic rings. The van der Waals surface area contributed by atoms with Crippen LogP contribution >= 0.6 is 16.1 Å². The Hall–Kier alpha value is -0.620. The summed E-state index contributed by atoms with van der Waals surface area (Å²) < 4.78 is 10.3. The van der Waals surface area contributed by atoms with Crippen LogP contribution in [0.4, 0.5) is 0 Å². The first-order valence-electron chi connectivity index (χ1n) is 3.23. The first kappa shape index (κ1) is 9.47. The summed E-state index contributed by atoms with van der Waals surface area (Å²) in [6, 6.07) is -1.08. The van der Waals surface area contributed by atoms with Crippen molar-refractivity contribution in [3.8, 4) is 0 Å². The number of methoxy groups -OCH3 is 2. The largest absolute Gasteiger partial charge is 0.468 e. The minimum atomic E-state index is -0.539. The van der Waals surface area contributed by atoms with Crippen LogP contribution < -0.4 is 0 Å². The van der Waals surface area contributed by atoms with Crippen LogP contribution in [0.15, 0.2) is 0 Å². The Bertz CT molecular complexity index is 198. The fourth-order valence-electron chi connectivity index (χ4n) is 0.906. The van der Waals surface area contributed by atoms with E-state index in [1.165, 1.54) is 18.1 Å². The lowest BCUT2D eigenvalue weighted by molar-refractivity contribution is -0.144. The zero-order chi connectivity index (χ0) is 9.30. The van der Waals surface area contributed by atoms with Crippen molar-refractivity contribution in [1.82, 2.24) is 3.93 Å². The molecule has 0 spiro atoms. The SMILES string of the molecule is COC(=O)[C@H]1[C@H](C(=O)OC)N1Br. The second kappa shape index (κ2) is 3.40. The van der Waals surface area contributed by atoms with Crippen molar-refractivity contribution in [2.45, 2.75) is 12.1 Å². The molecule has 1 aliphatic heterocycles. The summed E-state index contributed by atoms with van der Waals surface area (Å²) in [5.74, 6) is -0.885. The van der Waals surface area contributed by atoms with Gasteiger partial charge in [-0.2, -0.15) is 0 Å². The second-order valence-corrected chi connectivity index (χ2v) is 3.10. The van der Waals surface area contributed by atoms with E-state index in [1.54, 1.807) is 0 Å². The Morgan fingerprint density at radius 1 is 1.17 bits per heavy atom. The molecule has 1 fully saturated rings. The maximum Gasteiger partial charge on any atom is 0.326 e. The Morgan fingerprint density at radius 3 is 1.75 bits per heavy atom. The standard InChI is InChI=1S/C6H8BrNO4/c1-11-5(9)3-4(8(3)7)6(10)12-2/h3-4H,1-2H3/t3-,4-/m1/s1. The lowest BCUT2D eigenvalue weighted by atomic mass is 10.3. The van der Waals surface area contributed by atoms with Crippen molar-refractivity contribution >= 4 is 28.1 Å². The van der Waals surface area contributed by atoms with Gasteiger partial charge in [0.15, 0.2) is 0 Å². The monoisotopic (exact) mass is 237 g/mol. The first-order chi connectivity index (χ1) is 5.63. The van der Waals surface area contributed by atoms with Gasteiger partial charge in [0.25, 0.3) is 0 Å². The van der Waals surface area contributed by atoms with E-state index >= 15 is 0 Å². The van der Waals surface area contributed by atoms with Crippen molar-refractivity contribution in [3.05, 3.63) is 0 Å². The van der Waals surface area contributed by atoms with E-state index < -0.39 is 24.0 Å². The molecule has 0 amide bonds. The number of halogens is 1. The highest BCUT2D eigenvalue weighted by molar-refractivity contribution is 9.07. The molecule has 0 saturated carbocycles. The number of hydrogen-bond donors (Lipinski definition) is 0. The minimum Gasteiger partial charge on any atom is -0.468 e. The fourth-order valence-corrected chi connectivity index (χ4v) is 1.58. The van der Waals surface area contributed by atoms with E-state index in [0.29, 0.717) is 0 Å². The molecule has 1 heterocycles. The minimum absolute atomic E-state index is 0.442. The quantitative estimate of drug-likeness (QED) is 0.375. The summed E-state index contributed by atoms with van der Waals surface area (Å²) in [5, 5.41) is 0. The Balaban J connectivity index is 2.53. The van der Waals surface area contributed by atoms with Gasteiger partial charge in [-0.05, 0) is 0 Å². The number of carbonyl (C=O) groups is 2. The predicted molar refractivity (Wildman–Crippen MR) is 42.4 cm³/mol. The van der Waals surface area contributed by atoms with Gasteiger partial charge < -0.3 is 9.47 Å². The summed E-state index contributed by atoms with van der Waals surface area (Å²) in [5.41, 5.74) is 0. The lowest BCUT2D eigenvalue weighted by Gasteiger charge is -1.93. The van der Waals surface area contributed by atoms with E-state index in [0.717, 1.165) is 0 Å². The molecular weight excluding hydrogens is 230 g/mol. The van der Waals surface area contributed by atoms with Crippen LogP contribution in [0.1, 0.15) is 0 Å². The van der Waals surface area contributed by atoms with Crippen molar-refractivity contribution in [1.29, 1.82) is 0 Å². The molecule has 1 saturated heterocycles. The normalized spacial score (nSPS) is 32.4. The van der Waals surface area contributed by atoms with Crippen molar-refractivity contribution in [2.24, 2.45) is 0 Å². The van der Waals surface area contributed by atoms with Gasteiger partial charge in [-0.15, -0.1) is 0 Å². The van der Waals surface area contributed by atoms with Crippen LogP contribution in [-0.2, 0) is 19.1 Å². The zero-order valence-corrected chi connectivity index (χ0v) is 8.20. The third-order valence-electron chi connectivity index (χ3n) is 1.63. The van der Waals surface area contributed by atoms with E-state index in [1.807, 2.05) is 0 Å². The van der Waals surface area contributed by atoms with E-state index in [-0.39, 0.29) is 0 Å². The summed E-state index contributed by atoms with van der Waals surface area (Å²) >= 11 is 3.03. The summed E-state index contributed by atoms with van der Waals surface area (Å²) in [6.07, 6.45) is 0. The molecular formula is C6H8BrNO4. The van der Waals surface area contributed by atoms with Crippen molar-refractivity contribution < 1.29 is 19.1 Å². The predicted octanol–water partition coefficient (Wildman–Crippen LogP) is -0.305. The molecule has 6 heteroatoms. The highest BCUT2D eigenvalue weighted by Gasteiger charge is 2.58. The van der Waals surface area contributed by atoms with Gasteiger partial charge >= 0.3 is 11.9 Å². The summed E-state index contributed by atoms with van der Waals surface area (Å²) in [4.78, 5) is 21.8. The molecule has 0 aliphatic carbocycles. The highest BCUT2D eigenvalue weighted by Crippen LogP contribution is 2.34. The van der Waals surface area contributed by atoms with Crippen LogP contribution in [0.25, 0.3) is 0 Å². The third-order valence-corrected chi connectivity index (χ3v) is 2.51. The molecule has 0 bridgehead atoms. The Kier molecular flexibility index (Phi) is 2.69. The fraction of sp³-hybridized carbons (Fsp3) is 0.667. The van der Waals surface area contributed by atoms with Gasteiger partial charge in [-0.1, -0.05) is 0 Å². The van der Waals surface area contributed by atoms with Crippen LogP contribution in [0.3, 0.4) is 0 Å². The third kappa shape index (κ3) is 1.44. The second-order valence-electron chi connectivity index (χ2n) is 2.28. The van der Waals surface area contributed by atoms with Gasteiger partial charge in [0.2, 0.25) is 0 Å². The molecule has 0 aromatic carbocycles. The van der Waals surface area contributed by atoms with E-state index in [2.05, 4.69) is 25.6 Å². The van der Waals surface area contributed by atoms with Crippen LogP contribution in [0, 0.1) is 0 Å². The molecule has 2 atom stereocenters. The lowest BCUT2D eigenvalue weighted by Crippen LogP contribution is -2.18. The Morgan fingerprint density at radius 2 is 1.50 bits per heavy atom. The molecule has 0 N–H and O–H groups in total. The number of nitrogens with zero attached hydrogens (tertiary/aromatic N) is 1. The van der Waals surface area contributed by atoms with E-state index in [9.17, 15) is 9.59 Å². The van der Waals surface area contributed by atoms with Crippen LogP contribution in [0.2, 0.25) is 0 Å². The molecule has 1 aliphatic rings. The number of ether oxygens (including phenoxy) is 2. The van der Waals surface area contributed by atoms with Crippen molar-refractivity contribution in [2.75, 3.05) is 14.2 Å². The van der Waals surface area contributed by atoms with Crippen molar-refractivity contribution in [3.63, 3.8) is 0 Å². The molecule has 0 aromatic heterocycles. The molecule has 1 rings (SSSR count). The van der Waals surface area contributed by atoms with Gasteiger partial charge in [0, 0.05) is 16.1 Å². The smallest absolute Gasteiger partial charge is 0.326 e. The van der Waals surface area contributed by atoms with Crippen LogP contribution in [0.5, 0.6) is 0 Å². The zero-order valence-electron chi connectivity index (χ0n) is 6.61. The topological polar surface area (TPSA) is 55.6 Å². The Labute approximate surface area is 77.9 Å². The summed E-state index contributed by atoms with van der Waals surface area (Å²) in [7, 11) is 2.55. The van der Waals surface area contributed by atoms with Gasteiger partial charge in [-0.3, -0.25) is 9.59 Å². The van der Waals surface area contributed by atoms with Gasteiger partial charge in [0.05, 0.1) is 14.2 Å². The maximum absolute atomic E-state index is 10.9. The van der Waals surface area contributed by atoms with Crippen LogP contribution in [-0.4, -0.2) is 42.2 Å². The molecule has 0 unspecified atom stereocenters. The molecule has 12 heavy (non-hydrogen) atoms. The van der Waals surface area contributed by atoms with Gasteiger partial charge in [-0.25, -0.2) is 3.93 Å². The number of rotatable bonds is 2. The first-order valence-corrected chi connectivity index (χ1v) is 3.94.